The third kappa shape index (κ3) is 2.67. The maximum Gasteiger partial charge on any atom is 0.307 e. The molecule has 0 saturated heterocycles. The first kappa shape index (κ1) is 13.3. The van der Waals surface area contributed by atoms with Crippen molar-refractivity contribution in [3.8, 4) is 0 Å². The summed E-state index contributed by atoms with van der Waals surface area (Å²) in [6.07, 6.45) is 3.71. The molecular formula is C13H18N4O2. The van der Waals surface area contributed by atoms with Crippen molar-refractivity contribution in [3.05, 3.63) is 35.2 Å². The minimum atomic E-state index is -0.833. The molecule has 0 bridgehead atoms. The molecule has 2 aromatic heterocycles. The molecule has 2 heterocycles. The van der Waals surface area contributed by atoms with Gasteiger partial charge in [0.15, 0.2) is 0 Å². The summed E-state index contributed by atoms with van der Waals surface area (Å²) in [6, 6.07) is 0. The number of carboxylic acid groups (broad SMARTS) is 1. The summed E-state index contributed by atoms with van der Waals surface area (Å²) < 4.78 is 3.87. The standard InChI is InChI=1S/C13H18N4O2/c1-4-16-6-5-14-12(16)8-17-10(3)11(7-13(18)19)9(2)15-17/h5-6H,4,7-8H2,1-3H3,(H,18,19). The van der Waals surface area contributed by atoms with E-state index in [0.717, 1.165) is 29.3 Å². The first-order chi connectivity index (χ1) is 9.02. The van der Waals surface area contributed by atoms with E-state index in [0.29, 0.717) is 6.54 Å². The van der Waals surface area contributed by atoms with E-state index in [1.165, 1.54) is 0 Å². The number of carboxylic acids is 1. The van der Waals surface area contributed by atoms with Crippen LogP contribution in [0.1, 0.15) is 29.7 Å². The molecule has 0 atom stereocenters. The summed E-state index contributed by atoms with van der Waals surface area (Å²) in [7, 11) is 0. The van der Waals surface area contributed by atoms with Gasteiger partial charge in [-0.2, -0.15) is 5.10 Å². The maximum atomic E-state index is 10.8. The fourth-order valence-electron chi connectivity index (χ4n) is 2.21. The Hall–Kier alpha value is -2.11. The number of hydrogen-bond acceptors (Lipinski definition) is 3. The van der Waals surface area contributed by atoms with E-state index in [2.05, 4.69) is 17.0 Å². The summed E-state index contributed by atoms with van der Waals surface area (Å²) in [4.78, 5) is 15.2. The van der Waals surface area contributed by atoms with Crippen molar-refractivity contribution >= 4 is 5.97 Å². The van der Waals surface area contributed by atoms with Crippen molar-refractivity contribution < 1.29 is 9.90 Å². The molecule has 0 fully saturated rings. The molecule has 0 unspecified atom stereocenters. The van der Waals surface area contributed by atoms with Crippen LogP contribution < -0.4 is 0 Å². The molecule has 19 heavy (non-hydrogen) atoms. The highest BCUT2D eigenvalue weighted by atomic mass is 16.4. The maximum absolute atomic E-state index is 10.8. The Morgan fingerprint density at radius 1 is 1.42 bits per heavy atom. The van der Waals surface area contributed by atoms with E-state index in [1.807, 2.05) is 29.3 Å². The van der Waals surface area contributed by atoms with E-state index in [-0.39, 0.29) is 6.42 Å². The molecule has 102 valence electrons. The lowest BCUT2D eigenvalue weighted by molar-refractivity contribution is -0.136. The molecule has 0 amide bonds. The Bertz CT molecular complexity index is 598. The topological polar surface area (TPSA) is 72.9 Å². The van der Waals surface area contributed by atoms with Crippen molar-refractivity contribution in [3.63, 3.8) is 0 Å². The molecule has 0 aliphatic rings. The fraction of sp³-hybridized carbons (Fsp3) is 0.462. The van der Waals surface area contributed by atoms with Gasteiger partial charge in [-0.05, 0) is 20.8 Å². The Balaban J connectivity index is 2.29. The first-order valence-electron chi connectivity index (χ1n) is 6.27. The lowest BCUT2D eigenvalue weighted by Crippen LogP contribution is -2.10. The summed E-state index contributed by atoms with van der Waals surface area (Å²) in [5, 5.41) is 13.3. The van der Waals surface area contributed by atoms with Gasteiger partial charge in [0.1, 0.15) is 5.82 Å². The second-order valence-electron chi connectivity index (χ2n) is 4.51. The Kier molecular flexibility index (Phi) is 3.69. The number of nitrogens with zero attached hydrogens (tertiary/aromatic N) is 4. The zero-order chi connectivity index (χ0) is 14.0. The lowest BCUT2D eigenvalue weighted by Gasteiger charge is -2.07. The number of imidazole rings is 1. The Labute approximate surface area is 111 Å². The zero-order valence-corrected chi connectivity index (χ0v) is 11.4. The highest BCUT2D eigenvalue weighted by Gasteiger charge is 2.15. The molecule has 6 nitrogen and oxygen atoms in total. The first-order valence-corrected chi connectivity index (χ1v) is 6.27. The van der Waals surface area contributed by atoms with Gasteiger partial charge in [0.2, 0.25) is 0 Å². The van der Waals surface area contributed by atoms with Gasteiger partial charge in [-0.1, -0.05) is 0 Å². The van der Waals surface area contributed by atoms with Crippen molar-refractivity contribution in [2.24, 2.45) is 0 Å². The van der Waals surface area contributed by atoms with Crippen LogP contribution in [0.15, 0.2) is 12.4 Å². The van der Waals surface area contributed by atoms with E-state index < -0.39 is 5.97 Å². The van der Waals surface area contributed by atoms with Crippen LogP contribution in [-0.2, 0) is 24.3 Å². The van der Waals surface area contributed by atoms with E-state index >= 15 is 0 Å². The van der Waals surface area contributed by atoms with Crippen LogP contribution in [0.2, 0.25) is 0 Å². The smallest absolute Gasteiger partial charge is 0.307 e. The Morgan fingerprint density at radius 3 is 2.79 bits per heavy atom. The number of aromatic nitrogens is 4. The third-order valence-corrected chi connectivity index (χ3v) is 3.29. The van der Waals surface area contributed by atoms with Crippen LogP contribution in [0.5, 0.6) is 0 Å². The molecule has 0 aliphatic carbocycles. The van der Waals surface area contributed by atoms with Gasteiger partial charge in [-0.25, -0.2) is 4.98 Å². The highest BCUT2D eigenvalue weighted by Crippen LogP contribution is 2.15. The predicted octanol–water partition coefficient (Wildman–Crippen LogP) is 1.39. The molecular weight excluding hydrogens is 244 g/mol. The predicted molar refractivity (Wildman–Crippen MR) is 70.0 cm³/mol. The highest BCUT2D eigenvalue weighted by molar-refractivity contribution is 5.70. The number of carbonyl (C=O) groups is 1. The van der Waals surface area contributed by atoms with E-state index in [1.54, 1.807) is 6.20 Å². The van der Waals surface area contributed by atoms with Crippen molar-refractivity contribution in [1.82, 2.24) is 19.3 Å². The van der Waals surface area contributed by atoms with Crippen molar-refractivity contribution in [1.29, 1.82) is 0 Å². The summed E-state index contributed by atoms with van der Waals surface area (Å²) in [5.41, 5.74) is 2.46. The minimum absolute atomic E-state index is 0.0138. The molecule has 0 saturated carbocycles. The average molecular weight is 262 g/mol. The second-order valence-corrected chi connectivity index (χ2v) is 4.51. The van der Waals surface area contributed by atoms with Gasteiger partial charge in [0, 0.05) is 30.2 Å². The molecule has 0 aliphatic heterocycles. The second kappa shape index (κ2) is 5.26. The number of hydrogen-bond donors (Lipinski definition) is 1. The zero-order valence-electron chi connectivity index (χ0n) is 11.4. The van der Waals surface area contributed by atoms with Gasteiger partial charge in [0.25, 0.3) is 0 Å². The Morgan fingerprint density at radius 2 is 2.16 bits per heavy atom. The normalized spacial score (nSPS) is 10.9. The van der Waals surface area contributed by atoms with Crippen LogP contribution in [0, 0.1) is 13.8 Å². The van der Waals surface area contributed by atoms with Crippen LogP contribution >= 0.6 is 0 Å². The molecule has 1 N–H and O–H groups in total. The van der Waals surface area contributed by atoms with Crippen molar-refractivity contribution in [2.75, 3.05) is 0 Å². The molecule has 2 aromatic rings. The van der Waals surface area contributed by atoms with Gasteiger partial charge in [0.05, 0.1) is 18.7 Å². The largest absolute Gasteiger partial charge is 0.481 e. The van der Waals surface area contributed by atoms with Gasteiger partial charge in [-0.3, -0.25) is 9.48 Å². The molecule has 0 radical (unpaired) electrons. The molecule has 6 heteroatoms. The minimum Gasteiger partial charge on any atom is -0.481 e. The van der Waals surface area contributed by atoms with Crippen LogP contribution in [0.4, 0.5) is 0 Å². The van der Waals surface area contributed by atoms with Crippen molar-refractivity contribution in [2.45, 2.75) is 40.3 Å². The summed E-state index contributed by atoms with van der Waals surface area (Å²) in [6.45, 7) is 7.22. The SMILES string of the molecule is CCn1ccnc1Cn1nc(C)c(CC(=O)O)c1C. The summed E-state index contributed by atoms with van der Waals surface area (Å²) >= 11 is 0. The number of aliphatic carboxylic acids is 1. The molecule has 0 aromatic carbocycles. The van der Waals surface area contributed by atoms with Crippen LogP contribution in [-0.4, -0.2) is 30.4 Å². The third-order valence-electron chi connectivity index (χ3n) is 3.29. The monoisotopic (exact) mass is 262 g/mol. The lowest BCUT2D eigenvalue weighted by atomic mass is 10.1. The van der Waals surface area contributed by atoms with Crippen LogP contribution in [0.25, 0.3) is 0 Å². The van der Waals surface area contributed by atoms with E-state index in [4.69, 9.17) is 5.11 Å². The average Bonchev–Trinajstić information content (AvgIpc) is 2.89. The fourth-order valence-corrected chi connectivity index (χ4v) is 2.21. The van der Waals surface area contributed by atoms with Gasteiger partial charge < -0.3 is 9.67 Å². The molecule has 0 spiro atoms. The summed E-state index contributed by atoms with van der Waals surface area (Å²) in [5.74, 6) is 0.0933. The molecule has 2 rings (SSSR count). The van der Waals surface area contributed by atoms with Crippen LogP contribution in [0.3, 0.4) is 0 Å². The van der Waals surface area contributed by atoms with Gasteiger partial charge in [-0.15, -0.1) is 0 Å². The quantitative estimate of drug-likeness (QED) is 0.883. The van der Waals surface area contributed by atoms with E-state index in [9.17, 15) is 4.79 Å². The number of aryl methyl sites for hydroxylation is 2. The number of rotatable bonds is 5. The van der Waals surface area contributed by atoms with Gasteiger partial charge >= 0.3 is 5.97 Å².